The number of benzene rings is 1. The molecule has 4 aliphatic rings. The van der Waals surface area contributed by atoms with E-state index in [1.807, 2.05) is 0 Å². The van der Waals surface area contributed by atoms with Crippen LogP contribution in [0.5, 0.6) is 0 Å². The summed E-state index contributed by atoms with van der Waals surface area (Å²) >= 11 is 12.0. The lowest BCUT2D eigenvalue weighted by Crippen LogP contribution is -2.67. The van der Waals surface area contributed by atoms with Crippen LogP contribution in [0, 0.1) is 17.3 Å². The number of urea groups is 1. The molecule has 1 aromatic carbocycles. The Bertz CT molecular complexity index is 985. The normalized spacial score (nSPS) is 30.5. The molecule has 1 aromatic rings. The Morgan fingerprint density at radius 1 is 1.09 bits per heavy atom. The highest BCUT2D eigenvalue weighted by Crippen LogP contribution is 2.66. The van der Waals surface area contributed by atoms with Crippen LogP contribution in [-0.4, -0.2) is 47.3 Å². The predicted molar refractivity (Wildman–Crippen MR) is 118 cm³/mol. The van der Waals surface area contributed by atoms with Crippen molar-refractivity contribution in [3.63, 3.8) is 0 Å². The average Bonchev–Trinajstić information content (AvgIpc) is 2.68. The molecule has 4 bridgehead atoms. The zero-order valence-corrected chi connectivity index (χ0v) is 19.5. The first kappa shape index (κ1) is 24.9. The SMILES string of the molecule is O=C(NC[C@H](NC(=O)c1c(Cl)cccc1Cl)C(=O)O)NC12CC3CC(C1)CC(C(F)(F)F)(C3)C2. The van der Waals surface area contributed by atoms with Gasteiger partial charge < -0.3 is 21.1 Å². The standard InChI is InChI=1S/C22H24Cl2F3N3O4/c23-13-2-1-3-14(24)16(13)17(31)29-15(18(32)33)9-28-19(34)30-21-7-11-4-12(8-21)6-20(5-11,10-21)22(25,26)27/h1-3,11-12,15H,4-10H2,(H,29,31)(H,32,33)(H2,28,30,34)/t11?,12?,15-,20?,21?/m0/s1. The van der Waals surface area contributed by atoms with E-state index in [0.717, 1.165) is 6.42 Å². The van der Waals surface area contributed by atoms with E-state index in [0.29, 0.717) is 12.8 Å². The summed E-state index contributed by atoms with van der Waals surface area (Å²) in [5.74, 6) is -2.45. The van der Waals surface area contributed by atoms with Gasteiger partial charge in [-0.05, 0) is 62.5 Å². The van der Waals surface area contributed by atoms with Crippen LogP contribution in [0.1, 0.15) is 48.9 Å². The molecule has 4 saturated carbocycles. The first-order chi connectivity index (χ1) is 15.8. The van der Waals surface area contributed by atoms with Gasteiger partial charge in [-0.25, -0.2) is 9.59 Å². The van der Waals surface area contributed by atoms with Crippen LogP contribution in [0.4, 0.5) is 18.0 Å². The molecule has 0 saturated heterocycles. The largest absolute Gasteiger partial charge is 0.480 e. The monoisotopic (exact) mass is 521 g/mol. The van der Waals surface area contributed by atoms with Gasteiger partial charge in [-0.1, -0.05) is 29.3 Å². The van der Waals surface area contributed by atoms with Crippen LogP contribution in [0.3, 0.4) is 0 Å². The molecule has 4 fully saturated rings. The third-order valence-corrected chi connectivity index (χ3v) is 7.93. The van der Waals surface area contributed by atoms with Crippen molar-refractivity contribution in [3.05, 3.63) is 33.8 Å². The molecular formula is C22H24Cl2F3N3O4. The van der Waals surface area contributed by atoms with Crippen molar-refractivity contribution in [2.75, 3.05) is 6.54 Å². The van der Waals surface area contributed by atoms with E-state index in [9.17, 15) is 32.7 Å². The van der Waals surface area contributed by atoms with Crippen molar-refractivity contribution in [2.24, 2.45) is 17.3 Å². The molecule has 4 N–H and O–H groups in total. The number of carbonyl (C=O) groups excluding carboxylic acids is 2. The van der Waals surface area contributed by atoms with Gasteiger partial charge in [0.15, 0.2) is 0 Å². The van der Waals surface area contributed by atoms with Gasteiger partial charge in [0.2, 0.25) is 0 Å². The van der Waals surface area contributed by atoms with E-state index in [-0.39, 0.29) is 46.7 Å². The Kier molecular flexibility index (Phi) is 6.44. The molecule has 4 aliphatic carbocycles. The van der Waals surface area contributed by atoms with Crippen LogP contribution in [0.15, 0.2) is 18.2 Å². The number of alkyl halides is 3. The lowest BCUT2D eigenvalue weighted by molar-refractivity contribution is -0.277. The third kappa shape index (κ3) is 4.66. The summed E-state index contributed by atoms with van der Waals surface area (Å²) in [5, 5.41) is 16.9. The topological polar surface area (TPSA) is 108 Å². The van der Waals surface area contributed by atoms with E-state index < -0.39 is 47.6 Å². The Balaban J connectivity index is 1.40. The zero-order chi connectivity index (χ0) is 24.9. The van der Waals surface area contributed by atoms with Gasteiger partial charge in [0.1, 0.15) is 6.04 Å². The lowest BCUT2D eigenvalue weighted by atomic mass is 9.46. The van der Waals surface area contributed by atoms with Crippen molar-refractivity contribution in [1.29, 1.82) is 0 Å². The number of carboxylic acids is 1. The molecule has 7 nitrogen and oxygen atoms in total. The molecule has 0 heterocycles. The van der Waals surface area contributed by atoms with Gasteiger partial charge in [-0.3, -0.25) is 4.79 Å². The summed E-state index contributed by atoms with van der Waals surface area (Å²) in [6.07, 6.45) is -2.65. The maximum atomic E-state index is 13.9. The number of carboxylic acid groups (broad SMARTS) is 1. The van der Waals surface area contributed by atoms with Crippen LogP contribution in [-0.2, 0) is 4.79 Å². The fraction of sp³-hybridized carbons (Fsp3) is 0.591. The van der Waals surface area contributed by atoms with Crippen molar-refractivity contribution >= 4 is 41.1 Å². The minimum absolute atomic E-state index is 0.0280. The lowest BCUT2D eigenvalue weighted by Gasteiger charge is -2.62. The smallest absolute Gasteiger partial charge is 0.394 e. The second kappa shape index (κ2) is 8.78. The Labute approximate surface area is 203 Å². The molecule has 3 atom stereocenters. The van der Waals surface area contributed by atoms with E-state index >= 15 is 0 Å². The van der Waals surface area contributed by atoms with Crippen LogP contribution in [0.2, 0.25) is 10.0 Å². The minimum atomic E-state index is -4.34. The molecule has 0 aliphatic heterocycles. The van der Waals surface area contributed by atoms with Crippen molar-refractivity contribution in [3.8, 4) is 0 Å². The Morgan fingerprint density at radius 3 is 2.21 bits per heavy atom. The van der Waals surface area contributed by atoms with E-state index in [4.69, 9.17) is 23.2 Å². The second-order valence-corrected chi connectivity index (χ2v) is 10.6. The fourth-order valence-electron chi connectivity index (χ4n) is 6.37. The minimum Gasteiger partial charge on any atom is -0.480 e. The summed E-state index contributed by atoms with van der Waals surface area (Å²) in [6, 6.07) is 2.08. The van der Waals surface area contributed by atoms with Crippen LogP contribution >= 0.6 is 23.2 Å². The number of aliphatic carboxylic acids is 1. The van der Waals surface area contributed by atoms with E-state index in [2.05, 4.69) is 16.0 Å². The molecule has 186 valence electrons. The average molecular weight is 522 g/mol. The summed E-state index contributed by atoms with van der Waals surface area (Å²) in [5.41, 5.74) is -2.86. The van der Waals surface area contributed by atoms with Crippen molar-refractivity contribution in [2.45, 2.75) is 56.3 Å². The molecule has 0 radical (unpaired) electrons. The molecule has 3 amide bonds. The molecule has 12 heteroatoms. The highest BCUT2D eigenvalue weighted by molar-refractivity contribution is 6.39. The molecular weight excluding hydrogens is 498 g/mol. The zero-order valence-electron chi connectivity index (χ0n) is 18.0. The van der Waals surface area contributed by atoms with Gasteiger partial charge in [0.25, 0.3) is 5.91 Å². The molecule has 5 rings (SSSR count). The number of nitrogens with one attached hydrogen (secondary N) is 3. The predicted octanol–water partition coefficient (Wildman–Crippen LogP) is 4.38. The number of halogens is 5. The first-order valence-corrected chi connectivity index (χ1v) is 11.7. The van der Waals surface area contributed by atoms with Gasteiger partial charge >= 0.3 is 18.2 Å². The summed E-state index contributed by atoms with van der Waals surface area (Å²) in [7, 11) is 0. The van der Waals surface area contributed by atoms with Gasteiger partial charge in [-0.2, -0.15) is 13.2 Å². The summed E-state index contributed by atoms with van der Waals surface area (Å²) in [6.45, 7) is -0.484. The highest BCUT2D eigenvalue weighted by Gasteiger charge is 2.67. The molecule has 0 spiro atoms. The van der Waals surface area contributed by atoms with Crippen molar-refractivity contribution in [1.82, 2.24) is 16.0 Å². The number of hydrogen-bond acceptors (Lipinski definition) is 3. The maximum absolute atomic E-state index is 13.9. The fourth-order valence-corrected chi connectivity index (χ4v) is 6.93. The molecule has 34 heavy (non-hydrogen) atoms. The maximum Gasteiger partial charge on any atom is 0.394 e. The van der Waals surface area contributed by atoms with Crippen LogP contribution < -0.4 is 16.0 Å². The van der Waals surface area contributed by atoms with E-state index in [1.54, 1.807) is 0 Å². The van der Waals surface area contributed by atoms with Crippen LogP contribution in [0.25, 0.3) is 0 Å². The highest BCUT2D eigenvalue weighted by atomic mass is 35.5. The van der Waals surface area contributed by atoms with Crippen molar-refractivity contribution < 1.29 is 32.7 Å². The quantitative estimate of drug-likeness (QED) is 0.445. The van der Waals surface area contributed by atoms with Gasteiger partial charge in [0, 0.05) is 5.54 Å². The summed E-state index contributed by atoms with van der Waals surface area (Å²) < 4.78 is 41.7. The summed E-state index contributed by atoms with van der Waals surface area (Å²) in [4.78, 5) is 36.8. The number of hydrogen-bond donors (Lipinski definition) is 4. The first-order valence-electron chi connectivity index (χ1n) is 10.9. The van der Waals surface area contributed by atoms with Gasteiger partial charge in [-0.15, -0.1) is 0 Å². The molecule has 2 unspecified atom stereocenters. The number of amides is 3. The second-order valence-electron chi connectivity index (χ2n) is 9.82. The Morgan fingerprint density at radius 2 is 1.68 bits per heavy atom. The van der Waals surface area contributed by atoms with Gasteiger partial charge in [0.05, 0.1) is 27.6 Å². The van der Waals surface area contributed by atoms with E-state index in [1.165, 1.54) is 18.2 Å². The number of carbonyl (C=O) groups is 3. The third-order valence-electron chi connectivity index (χ3n) is 7.30. The molecule has 0 aromatic heterocycles. The number of rotatable bonds is 6. The Hall–Kier alpha value is -2.20.